The summed E-state index contributed by atoms with van der Waals surface area (Å²) in [4.78, 5) is 0. The third-order valence-electron chi connectivity index (χ3n) is 4.21. The topological polar surface area (TPSA) is 30.5 Å². The van der Waals surface area contributed by atoms with Gasteiger partial charge in [0.2, 0.25) is 0 Å². The van der Waals surface area contributed by atoms with Gasteiger partial charge in [-0.25, -0.2) is 0 Å². The van der Waals surface area contributed by atoms with E-state index in [1.54, 1.807) is 0 Å². The smallest absolute Gasteiger partial charge is 0.123 e. The van der Waals surface area contributed by atoms with Crippen molar-refractivity contribution in [2.24, 2.45) is 5.92 Å². The van der Waals surface area contributed by atoms with Gasteiger partial charge in [-0.3, -0.25) is 0 Å². The van der Waals surface area contributed by atoms with Gasteiger partial charge in [-0.05, 0) is 43.0 Å². The van der Waals surface area contributed by atoms with Gasteiger partial charge >= 0.3 is 0 Å². The first-order valence-electron chi connectivity index (χ1n) is 8.16. The van der Waals surface area contributed by atoms with Gasteiger partial charge < -0.3 is 14.8 Å². The van der Waals surface area contributed by atoms with E-state index in [0.29, 0.717) is 24.5 Å². The third kappa shape index (κ3) is 4.45. The Balaban J connectivity index is 2.04. The van der Waals surface area contributed by atoms with Crippen LogP contribution in [0.2, 0.25) is 0 Å². The molecule has 1 N–H and O–H groups in total. The summed E-state index contributed by atoms with van der Waals surface area (Å²) in [5, 5.41) is 3.55. The van der Waals surface area contributed by atoms with Crippen molar-refractivity contribution in [2.45, 2.75) is 46.1 Å². The van der Waals surface area contributed by atoms with Crippen LogP contribution in [0.4, 0.5) is 0 Å². The molecule has 0 amide bonds. The lowest BCUT2D eigenvalue weighted by Gasteiger charge is -2.24. The molecule has 3 nitrogen and oxygen atoms in total. The molecule has 0 saturated carbocycles. The first-order valence-corrected chi connectivity index (χ1v) is 8.16. The van der Waals surface area contributed by atoms with Crippen LogP contribution in [0.5, 0.6) is 5.75 Å². The van der Waals surface area contributed by atoms with E-state index in [1.807, 2.05) is 0 Å². The Labute approximate surface area is 129 Å². The lowest BCUT2D eigenvalue weighted by molar-refractivity contribution is 0.160. The number of likely N-dealkylation sites (N-methyl/N-ethyl adjacent to an activating group) is 1. The predicted molar refractivity (Wildman–Crippen MR) is 87.2 cm³/mol. The standard InChI is InChI=1S/C18H29NO2/c1-5-19-17(15-8-9-20-11-15)12-21-18-10-14(4)6-7-16(18)13(2)3/h6-7,10,13,15,17,19H,5,8-9,11-12H2,1-4H3. The Morgan fingerprint density at radius 3 is 2.81 bits per heavy atom. The number of rotatable bonds is 7. The molecular weight excluding hydrogens is 262 g/mol. The largest absolute Gasteiger partial charge is 0.492 e. The Bertz CT molecular complexity index is 439. The van der Waals surface area contributed by atoms with E-state index in [4.69, 9.17) is 9.47 Å². The van der Waals surface area contributed by atoms with E-state index in [-0.39, 0.29) is 0 Å². The van der Waals surface area contributed by atoms with Crippen molar-refractivity contribution in [3.63, 3.8) is 0 Å². The van der Waals surface area contributed by atoms with Crippen LogP contribution in [0.25, 0.3) is 0 Å². The van der Waals surface area contributed by atoms with Gasteiger partial charge in [-0.2, -0.15) is 0 Å². The number of benzene rings is 1. The molecule has 0 spiro atoms. The Kier molecular flexibility index (Phi) is 6.07. The van der Waals surface area contributed by atoms with E-state index in [0.717, 1.165) is 31.9 Å². The summed E-state index contributed by atoms with van der Waals surface area (Å²) in [7, 11) is 0. The van der Waals surface area contributed by atoms with Crippen molar-refractivity contribution >= 4 is 0 Å². The van der Waals surface area contributed by atoms with Crippen LogP contribution in [-0.2, 0) is 4.74 Å². The van der Waals surface area contributed by atoms with Crippen LogP contribution in [0, 0.1) is 12.8 Å². The molecule has 0 aromatic heterocycles. The van der Waals surface area contributed by atoms with Crippen LogP contribution in [0.1, 0.15) is 44.2 Å². The molecular formula is C18H29NO2. The summed E-state index contributed by atoms with van der Waals surface area (Å²) in [6, 6.07) is 6.88. The lowest BCUT2D eigenvalue weighted by atomic mass is 9.99. The average Bonchev–Trinajstić information content (AvgIpc) is 2.97. The van der Waals surface area contributed by atoms with Crippen LogP contribution >= 0.6 is 0 Å². The monoisotopic (exact) mass is 291 g/mol. The minimum Gasteiger partial charge on any atom is -0.492 e. The molecule has 2 atom stereocenters. The Hall–Kier alpha value is -1.06. The zero-order valence-corrected chi connectivity index (χ0v) is 13.8. The molecule has 118 valence electrons. The maximum absolute atomic E-state index is 6.19. The highest BCUT2D eigenvalue weighted by Gasteiger charge is 2.26. The maximum Gasteiger partial charge on any atom is 0.123 e. The second-order valence-electron chi connectivity index (χ2n) is 6.29. The second kappa shape index (κ2) is 7.81. The first-order chi connectivity index (χ1) is 10.1. The van der Waals surface area contributed by atoms with Crippen LogP contribution in [0.15, 0.2) is 18.2 Å². The predicted octanol–water partition coefficient (Wildman–Crippen LogP) is 3.51. The van der Waals surface area contributed by atoms with Crippen molar-refractivity contribution in [1.29, 1.82) is 0 Å². The molecule has 1 fully saturated rings. The van der Waals surface area contributed by atoms with Crippen molar-refractivity contribution in [2.75, 3.05) is 26.4 Å². The van der Waals surface area contributed by atoms with E-state index in [9.17, 15) is 0 Å². The van der Waals surface area contributed by atoms with Gasteiger partial charge in [0.1, 0.15) is 12.4 Å². The zero-order chi connectivity index (χ0) is 15.2. The minimum absolute atomic E-state index is 0.373. The molecule has 2 unspecified atom stereocenters. The minimum atomic E-state index is 0.373. The molecule has 2 rings (SSSR count). The molecule has 0 aliphatic carbocycles. The fourth-order valence-corrected chi connectivity index (χ4v) is 2.92. The van der Waals surface area contributed by atoms with Gasteiger partial charge in [0, 0.05) is 18.6 Å². The van der Waals surface area contributed by atoms with E-state index < -0.39 is 0 Å². The van der Waals surface area contributed by atoms with Crippen molar-refractivity contribution in [1.82, 2.24) is 5.32 Å². The summed E-state index contributed by atoms with van der Waals surface area (Å²) in [6.45, 7) is 12.1. The highest BCUT2D eigenvalue weighted by molar-refractivity contribution is 5.39. The first kappa shape index (κ1) is 16.3. The summed E-state index contributed by atoms with van der Waals surface area (Å²) < 4.78 is 11.7. The lowest BCUT2D eigenvalue weighted by Crippen LogP contribution is -2.41. The molecule has 1 saturated heterocycles. The van der Waals surface area contributed by atoms with Crippen LogP contribution in [0.3, 0.4) is 0 Å². The molecule has 1 aliphatic heterocycles. The normalized spacial score (nSPS) is 20.0. The van der Waals surface area contributed by atoms with Crippen LogP contribution in [-0.4, -0.2) is 32.4 Å². The Morgan fingerprint density at radius 2 is 2.19 bits per heavy atom. The summed E-state index contributed by atoms with van der Waals surface area (Å²) in [6.07, 6.45) is 1.13. The fraction of sp³-hybridized carbons (Fsp3) is 0.667. The van der Waals surface area contributed by atoms with Crippen molar-refractivity contribution < 1.29 is 9.47 Å². The molecule has 1 aliphatic rings. The molecule has 0 bridgehead atoms. The summed E-state index contributed by atoms with van der Waals surface area (Å²) in [5.41, 5.74) is 2.54. The number of nitrogens with one attached hydrogen (secondary N) is 1. The Morgan fingerprint density at radius 1 is 1.38 bits per heavy atom. The van der Waals surface area contributed by atoms with Gasteiger partial charge in [0.25, 0.3) is 0 Å². The van der Waals surface area contributed by atoms with E-state index >= 15 is 0 Å². The molecule has 1 heterocycles. The summed E-state index contributed by atoms with van der Waals surface area (Å²) in [5.74, 6) is 2.08. The number of ether oxygens (including phenoxy) is 2. The van der Waals surface area contributed by atoms with Gasteiger partial charge in [-0.15, -0.1) is 0 Å². The SMILES string of the molecule is CCNC(COc1cc(C)ccc1C(C)C)C1CCOC1. The number of hydrogen-bond acceptors (Lipinski definition) is 3. The quantitative estimate of drug-likeness (QED) is 0.834. The van der Waals surface area contributed by atoms with Crippen molar-refractivity contribution in [3.05, 3.63) is 29.3 Å². The van der Waals surface area contributed by atoms with Gasteiger partial charge in [0.15, 0.2) is 0 Å². The highest BCUT2D eigenvalue weighted by Crippen LogP contribution is 2.28. The number of hydrogen-bond donors (Lipinski definition) is 1. The molecule has 21 heavy (non-hydrogen) atoms. The van der Waals surface area contributed by atoms with E-state index in [2.05, 4.69) is 51.2 Å². The van der Waals surface area contributed by atoms with Crippen LogP contribution < -0.4 is 10.1 Å². The second-order valence-corrected chi connectivity index (χ2v) is 6.29. The third-order valence-corrected chi connectivity index (χ3v) is 4.21. The number of aryl methyl sites for hydroxylation is 1. The average molecular weight is 291 g/mol. The molecule has 3 heteroatoms. The molecule has 0 radical (unpaired) electrons. The van der Waals surface area contributed by atoms with Crippen molar-refractivity contribution in [3.8, 4) is 5.75 Å². The molecule has 1 aromatic carbocycles. The summed E-state index contributed by atoms with van der Waals surface area (Å²) >= 11 is 0. The fourth-order valence-electron chi connectivity index (χ4n) is 2.92. The highest BCUT2D eigenvalue weighted by atomic mass is 16.5. The zero-order valence-electron chi connectivity index (χ0n) is 13.8. The van der Waals surface area contributed by atoms with E-state index in [1.165, 1.54) is 11.1 Å². The maximum atomic E-state index is 6.19. The van der Waals surface area contributed by atoms with Gasteiger partial charge in [-0.1, -0.05) is 32.9 Å². The molecule has 1 aromatic rings. The van der Waals surface area contributed by atoms with Gasteiger partial charge in [0.05, 0.1) is 6.61 Å².